The van der Waals surface area contributed by atoms with Crippen molar-refractivity contribution in [1.82, 2.24) is 10.2 Å². The second-order valence-electron chi connectivity index (χ2n) is 9.18. The lowest BCUT2D eigenvalue weighted by atomic mass is 10.1. The van der Waals surface area contributed by atoms with E-state index in [1.54, 1.807) is 19.1 Å². The fourth-order valence-electron chi connectivity index (χ4n) is 3.73. The van der Waals surface area contributed by atoms with Gasteiger partial charge in [0.15, 0.2) is 0 Å². The normalized spacial score (nSPS) is 13.5. The highest BCUT2D eigenvalue weighted by molar-refractivity contribution is 7.92. The number of alkyl halides is 3. The molecule has 0 saturated heterocycles. The zero-order valence-electron chi connectivity index (χ0n) is 22.0. The Morgan fingerprint density at radius 1 is 1.05 bits per heavy atom. The maximum Gasteiger partial charge on any atom is 0.416 e. The molecule has 12 heteroatoms. The molecule has 0 saturated carbocycles. The summed E-state index contributed by atoms with van der Waals surface area (Å²) in [6.07, 6.45) is -3.10. The molecule has 0 radical (unpaired) electrons. The van der Waals surface area contributed by atoms with Gasteiger partial charge in [0.1, 0.15) is 12.6 Å². The number of halogens is 4. The first kappa shape index (κ1) is 31.4. The molecule has 210 valence electrons. The van der Waals surface area contributed by atoms with Crippen LogP contribution in [0.2, 0.25) is 5.02 Å². The predicted molar refractivity (Wildman–Crippen MR) is 142 cm³/mol. The number of nitrogens with one attached hydrogen (secondary N) is 1. The predicted octanol–water partition coefficient (Wildman–Crippen LogP) is 5.16. The van der Waals surface area contributed by atoms with Crippen LogP contribution < -0.4 is 9.62 Å². The molecule has 0 aromatic heterocycles. The van der Waals surface area contributed by atoms with E-state index in [1.165, 1.54) is 4.90 Å². The summed E-state index contributed by atoms with van der Waals surface area (Å²) >= 11 is 6.11. The van der Waals surface area contributed by atoms with Crippen LogP contribution in [-0.2, 0) is 32.3 Å². The number of rotatable bonds is 11. The van der Waals surface area contributed by atoms with Crippen molar-refractivity contribution in [1.29, 1.82) is 0 Å². The van der Waals surface area contributed by atoms with Crippen molar-refractivity contribution in [2.75, 3.05) is 17.1 Å². The van der Waals surface area contributed by atoms with Crippen LogP contribution in [0.15, 0.2) is 42.5 Å². The van der Waals surface area contributed by atoms with Gasteiger partial charge in [0.25, 0.3) is 0 Å². The lowest BCUT2D eigenvalue weighted by molar-refractivity contribution is -0.140. The summed E-state index contributed by atoms with van der Waals surface area (Å²) in [4.78, 5) is 28.0. The molecule has 0 aliphatic heterocycles. The fourth-order valence-corrected chi connectivity index (χ4v) is 4.85. The van der Waals surface area contributed by atoms with Gasteiger partial charge in [-0.1, -0.05) is 55.3 Å². The summed E-state index contributed by atoms with van der Waals surface area (Å²) in [7, 11) is -4.25. The van der Waals surface area contributed by atoms with Crippen LogP contribution in [0.4, 0.5) is 18.9 Å². The van der Waals surface area contributed by atoms with Crippen LogP contribution in [-0.4, -0.2) is 50.0 Å². The third kappa shape index (κ3) is 8.36. The molecule has 1 N–H and O–H groups in total. The van der Waals surface area contributed by atoms with Crippen LogP contribution in [0.25, 0.3) is 0 Å². The third-order valence-corrected chi connectivity index (χ3v) is 7.53. The van der Waals surface area contributed by atoms with E-state index in [2.05, 4.69) is 5.32 Å². The molecule has 38 heavy (non-hydrogen) atoms. The maximum atomic E-state index is 13.7. The Labute approximate surface area is 227 Å². The number of nitrogens with zero attached hydrogens (tertiary/aromatic N) is 2. The Bertz CT molecular complexity index is 1240. The molecule has 2 aromatic carbocycles. The van der Waals surface area contributed by atoms with Gasteiger partial charge in [-0.25, -0.2) is 8.42 Å². The van der Waals surface area contributed by atoms with Gasteiger partial charge in [0, 0.05) is 12.6 Å². The topological polar surface area (TPSA) is 86.8 Å². The Morgan fingerprint density at radius 3 is 2.16 bits per heavy atom. The first-order chi connectivity index (χ1) is 17.6. The van der Waals surface area contributed by atoms with Gasteiger partial charge in [0.05, 0.1) is 22.5 Å². The molecule has 0 unspecified atom stereocenters. The number of amides is 2. The van der Waals surface area contributed by atoms with E-state index in [1.807, 2.05) is 32.9 Å². The summed E-state index contributed by atoms with van der Waals surface area (Å²) in [5.41, 5.74) is 0.0796. The first-order valence-electron chi connectivity index (χ1n) is 12.1. The van der Waals surface area contributed by atoms with Crippen LogP contribution >= 0.6 is 11.6 Å². The molecule has 0 fully saturated rings. The zero-order chi connectivity index (χ0) is 28.8. The highest BCUT2D eigenvalue weighted by Gasteiger charge is 2.35. The average Bonchev–Trinajstić information content (AvgIpc) is 2.82. The molecule has 2 atom stereocenters. The Hall–Kier alpha value is -2.79. The van der Waals surface area contributed by atoms with Crippen molar-refractivity contribution in [3.8, 4) is 0 Å². The molecule has 2 amide bonds. The van der Waals surface area contributed by atoms with E-state index in [0.29, 0.717) is 22.4 Å². The van der Waals surface area contributed by atoms with Crippen molar-refractivity contribution < 1.29 is 31.2 Å². The van der Waals surface area contributed by atoms with Gasteiger partial charge in [-0.2, -0.15) is 13.2 Å². The molecule has 0 heterocycles. The molecule has 0 spiro atoms. The lowest BCUT2D eigenvalue weighted by Gasteiger charge is -2.33. The number of hydrogen-bond donors (Lipinski definition) is 1. The highest BCUT2D eigenvalue weighted by atomic mass is 35.5. The molecule has 0 aliphatic carbocycles. The van der Waals surface area contributed by atoms with Gasteiger partial charge in [0.2, 0.25) is 21.8 Å². The van der Waals surface area contributed by atoms with Crippen LogP contribution in [0, 0.1) is 6.92 Å². The minimum atomic E-state index is -4.76. The van der Waals surface area contributed by atoms with Gasteiger partial charge < -0.3 is 10.2 Å². The van der Waals surface area contributed by atoms with Gasteiger partial charge in [-0.3, -0.25) is 13.9 Å². The summed E-state index contributed by atoms with van der Waals surface area (Å²) in [6, 6.07) is 8.38. The summed E-state index contributed by atoms with van der Waals surface area (Å²) in [5.74, 6) is -1.18. The number of carbonyl (C=O) groups is 2. The van der Waals surface area contributed by atoms with Crippen molar-refractivity contribution in [2.24, 2.45) is 0 Å². The van der Waals surface area contributed by atoms with Crippen molar-refractivity contribution in [3.63, 3.8) is 0 Å². The quantitative estimate of drug-likeness (QED) is 0.401. The van der Waals surface area contributed by atoms with Gasteiger partial charge in [-0.05, 0) is 50.5 Å². The minimum Gasteiger partial charge on any atom is -0.352 e. The van der Waals surface area contributed by atoms with E-state index >= 15 is 0 Å². The van der Waals surface area contributed by atoms with Crippen molar-refractivity contribution in [2.45, 2.75) is 65.3 Å². The summed E-state index contributed by atoms with van der Waals surface area (Å²) < 4.78 is 66.0. The second kappa shape index (κ2) is 12.8. The molecule has 0 aliphatic rings. The van der Waals surface area contributed by atoms with Crippen molar-refractivity contribution >= 4 is 39.1 Å². The number of sulfonamides is 1. The van der Waals surface area contributed by atoms with Crippen LogP contribution in [0.3, 0.4) is 0 Å². The van der Waals surface area contributed by atoms with E-state index < -0.39 is 51.9 Å². The van der Waals surface area contributed by atoms with Gasteiger partial charge >= 0.3 is 6.18 Å². The monoisotopic (exact) mass is 575 g/mol. The number of hydrogen-bond acceptors (Lipinski definition) is 4. The molecular formula is C26H33ClF3N3O4S. The first-order valence-corrected chi connectivity index (χ1v) is 14.3. The maximum absolute atomic E-state index is 13.7. The highest BCUT2D eigenvalue weighted by Crippen LogP contribution is 2.36. The largest absolute Gasteiger partial charge is 0.416 e. The smallest absolute Gasteiger partial charge is 0.352 e. The van der Waals surface area contributed by atoms with Crippen LogP contribution in [0.5, 0.6) is 0 Å². The molecule has 0 bridgehead atoms. The zero-order valence-corrected chi connectivity index (χ0v) is 23.5. The lowest BCUT2D eigenvalue weighted by Crippen LogP contribution is -2.53. The average molecular weight is 576 g/mol. The number of anilines is 1. The number of carbonyl (C=O) groups excluding carboxylic acids is 2. The van der Waals surface area contributed by atoms with E-state index in [9.17, 15) is 31.2 Å². The van der Waals surface area contributed by atoms with Gasteiger partial charge in [-0.15, -0.1) is 0 Å². The van der Waals surface area contributed by atoms with E-state index in [4.69, 9.17) is 11.6 Å². The Morgan fingerprint density at radius 2 is 1.66 bits per heavy atom. The summed E-state index contributed by atoms with van der Waals surface area (Å²) in [6.45, 7) is 6.46. The van der Waals surface area contributed by atoms with Crippen molar-refractivity contribution in [3.05, 3.63) is 64.2 Å². The third-order valence-electron chi connectivity index (χ3n) is 6.08. The molecule has 7 nitrogen and oxygen atoms in total. The van der Waals surface area contributed by atoms with E-state index in [-0.39, 0.29) is 24.0 Å². The van der Waals surface area contributed by atoms with Crippen LogP contribution in [0.1, 0.15) is 50.3 Å². The minimum absolute atomic E-state index is 0.0144. The standard InChI is InChI=1S/C26H33ClF3N3O4S/c1-6-18(4)31-25(35)22(7-2)32(15-19-10-8-17(3)9-11-19)24(34)16-33(38(5,36)37)23-14-20(26(28,29)30)12-13-21(23)27/h8-14,18,22H,6-7,15-16H2,1-5H3,(H,31,35)/t18-,22+/m0/s1. The van der Waals surface area contributed by atoms with E-state index in [0.717, 1.165) is 24.0 Å². The Balaban J connectivity index is 2.54. The molecular weight excluding hydrogens is 543 g/mol. The molecule has 2 aromatic rings. The fraction of sp³-hybridized carbons (Fsp3) is 0.462. The number of benzene rings is 2. The summed E-state index contributed by atoms with van der Waals surface area (Å²) in [5, 5.41) is 2.57. The Kier molecular flexibility index (Phi) is 10.6. The second-order valence-corrected chi connectivity index (χ2v) is 11.5. The number of aryl methyl sites for hydroxylation is 1. The SMILES string of the molecule is CC[C@H](C(=O)N[C@@H](C)CC)N(Cc1ccc(C)cc1)C(=O)CN(c1cc(C(F)(F)F)ccc1Cl)S(C)(=O)=O. The molecule has 2 rings (SSSR count).